The Morgan fingerprint density at radius 3 is 2.06 bits per heavy atom. The molecule has 0 atom stereocenters. The summed E-state index contributed by atoms with van der Waals surface area (Å²) in [6, 6.07) is 10.7. The quantitative estimate of drug-likeness (QED) is 0.305. The molecule has 0 saturated heterocycles. The summed E-state index contributed by atoms with van der Waals surface area (Å²) < 4.78 is 4.58. The Balaban J connectivity index is 2.56. The summed E-state index contributed by atoms with van der Waals surface area (Å²) in [6.45, 7) is 0. The van der Waals surface area contributed by atoms with Crippen LogP contribution in [0.4, 0.5) is 0 Å². The van der Waals surface area contributed by atoms with Crippen molar-refractivity contribution in [2.24, 2.45) is 0 Å². The lowest BCUT2D eigenvalue weighted by molar-refractivity contribution is 1.20. The van der Waals surface area contributed by atoms with Gasteiger partial charge >= 0.3 is 0 Å². The topological polar surface area (TPSA) is 12.9 Å². The van der Waals surface area contributed by atoms with Crippen LogP contribution in [0.5, 0.6) is 0 Å². The van der Waals surface area contributed by atoms with Gasteiger partial charge in [-0.1, -0.05) is 12.1 Å². The van der Waals surface area contributed by atoms with E-state index in [1.165, 1.54) is 18.3 Å². The molecule has 5 heteroatoms. The average Bonchev–Trinajstić information content (AvgIpc) is 2.25. The van der Waals surface area contributed by atoms with E-state index < -0.39 is 0 Å². The molecular weight excluding hydrogens is 654 g/mol. The Morgan fingerprint density at radius 1 is 0.812 bits per heavy atom. The van der Waals surface area contributed by atoms with Crippen LogP contribution in [0, 0.1) is 14.5 Å². The number of halogens is 4. The third-order valence-corrected chi connectivity index (χ3v) is 6.26. The fourth-order valence-corrected chi connectivity index (χ4v) is 3.64. The van der Waals surface area contributed by atoms with Crippen molar-refractivity contribution in [2.75, 3.05) is 0 Å². The van der Waals surface area contributed by atoms with Crippen LogP contribution >= 0.6 is 90.4 Å². The molecule has 2 aromatic rings. The Hall–Kier alpha value is 1.29. The molecule has 0 amide bonds. The highest BCUT2D eigenvalue weighted by molar-refractivity contribution is 14.1. The van der Waals surface area contributed by atoms with Crippen molar-refractivity contribution >= 4 is 90.4 Å². The Labute approximate surface area is 149 Å². The molecule has 0 spiro atoms. The first-order valence-corrected chi connectivity index (χ1v) is 8.67. The highest BCUT2D eigenvalue weighted by Crippen LogP contribution is 2.28. The number of pyridine rings is 1. The predicted molar refractivity (Wildman–Crippen MR) is 101 cm³/mol. The van der Waals surface area contributed by atoms with E-state index in [0.29, 0.717) is 0 Å². The molecule has 0 fully saturated rings. The Bertz CT molecular complexity index is 522. The highest BCUT2D eigenvalue weighted by Gasteiger charge is 2.08. The zero-order chi connectivity index (χ0) is 11.7. The second-order valence-corrected chi connectivity index (χ2v) is 7.56. The number of rotatable bonds is 1. The van der Waals surface area contributed by atoms with Crippen LogP contribution in [-0.4, -0.2) is 4.98 Å². The molecular formula is C11H5I4N. The zero-order valence-corrected chi connectivity index (χ0v) is 16.5. The molecule has 0 N–H and O–H groups in total. The maximum Gasteiger partial charge on any atom is 0.115 e. The molecule has 0 saturated carbocycles. The molecule has 0 aliphatic carbocycles. The summed E-state index contributed by atoms with van der Waals surface area (Å²) in [5, 5.41) is 0. The Kier molecular flexibility index (Phi) is 5.10. The summed E-state index contributed by atoms with van der Waals surface area (Å²) in [5.41, 5.74) is 2.44. The molecule has 16 heavy (non-hydrogen) atoms. The van der Waals surface area contributed by atoms with Crippen LogP contribution in [0.2, 0.25) is 0 Å². The van der Waals surface area contributed by atoms with Gasteiger partial charge in [-0.15, -0.1) is 0 Å². The first-order chi connectivity index (χ1) is 7.58. The second kappa shape index (κ2) is 5.95. The minimum atomic E-state index is 1.06. The van der Waals surface area contributed by atoms with Gasteiger partial charge in [-0.05, 0) is 114 Å². The number of nitrogens with zero attached hydrogens (tertiary/aromatic N) is 1. The molecule has 1 aromatic heterocycles. The monoisotopic (exact) mass is 659 g/mol. The first-order valence-electron chi connectivity index (χ1n) is 4.35. The number of aromatic nitrogens is 1. The minimum absolute atomic E-state index is 1.06. The molecule has 0 radical (unpaired) electrons. The van der Waals surface area contributed by atoms with Crippen molar-refractivity contribution in [1.29, 1.82) is 0 Å². The van der Waals surface area contributed by atoms with Crippen molar-refractivity contribution in [1.82, 2.24) is 4.98 Å². The molecule has 2 rings (SSSR count). The smallest absolute Gasteiger partial charge is 0.115 e. The molecule has 0 unspecified atom stereocenters. The van der Waals surface area contributed by atoms with Crippen molar-refractivity contribution in [3.05, 3.63) is 44.9 Å². The van der Waals surface area contributed by atoms with Gasteiger partial charge in [0.15, 0.2) is 0 Å². The molecule has 0 aliphatic heterocycles. The molecule has 0 aliphatic rings. The first kappa shape index (κ1) is 13.7. The molecule has 1 heterocycles. The number of hydrogen-bond donors (Lipinski definition) is 0. The van der Waals surface area contributed by atoms with Crippen LogP contribution in [0.15, 0.2) is 30.3 Å². The van der Waals surface area contributed by atoms with Gasteiger partial charge in [0.1, 0.15) is 7.40 Å². The lowest BCUT2D eigenvalue weighted by Gasteiger charge is -2.06. The van der Waals surface area contributed by atoms with Crippen molar-refractivity contribution in [3.63, 3.8) is 0 Å². The second-order valence-electron chi connectivity index (χ2n) is 3.11. The SMILES string of the molecule is Ic1ccc(-c2cc(I)c(I)nc2I)cc1. The summed E-state index contributed by atoms with van der Waals surface area (Å²) in [7, 11) is 0. The summed E-state index contributed by atoms with van der Waals surface area (Å²) in [4.78, 5) is 4.54. The van der Waals surface area contributed by atoms with Gasteiger partial charge < -0.3 is 0 Å². The predicted octanol–water partition coefficient (Wildman–Crippen LogP) is 5.17. The summed E-state index contributed by atoms with van der Waals surface area (Å²) >= 11 is 9.20. The van der Waals surface area contributed by atoms with Gasteiger partial charge in [-0.25, -0.2) is 4.98 Å². The van der Waals surface area contributed by atoms with Crippen LogP contribution in [0.3, 0.4) is 0 Å². The molecule has 0 bridgehead atoms. The van der Waals surface area contributed by atoms with E-state index in [9.17, 15) is 0 Å². The van der Waals surface area contributed by atoms with Crippen LogP contribution in [-0.2, 0) is 0 Å². The lowest BCUT2D eigenvalue weighted by atomic mass is 10.1. The van der Waals surface area contributed by atoms with E-state index >= 15 is 0 Å². The van der Waals surface area contributed by atoms with Gasteiger partial charge in [0.05, 0.1) is 0 Å². The van der Waals surface area contributed by atoms with E-state index in [1.54, 1.807) is 0 Å². The Morgan fingerprint density at radius 2 is 1.44 bits per heavy atom. The van der Waals surface area contributed by atoms with Crippen LogP contribution in [0.25, 0.3) is 11.1 Å². The van der Waals surface area contributed by atoms with Gasteiger partial charge in [0.25, 0.3) is 0 Å². The van der Waals surface area contributed by atoms with Crippen molar-refractivity contribution < 1.29 is 0 Å². The summed E-state index contributed by atoms with van der Waals surface area (Å²) in [6.07, 6.45) is 0. The summed E-state index contributed by atoms with van der Waals surface area (Å²) in [5.74, 6) is 0. The van der Waals surface area contributed by atoms with Gasteiger partial charge in [0.2, 0.25) is 0 Å². The molecule has 1 nitrogen and oxygen atoms in total. The third-order valence-electron chi connectivity index (χ3n) is 2.04. The minimum Gasteiger partial charge on any atom is -0.234 e. The zero-order valence-electron chi connectivity index (χ0n) is 7.85. The van der Waals surface area contributed by atoms with Crippen LogP contribution < -0.4 is 0 Å². The van der Waals surface area contributed by atoms with E-state index in [2.05, 4.69) is 126 Å². The van der Waals surface area contributed by atoms with E-state index in [1.807, 2.05) is 0 Å². The fraction of sp³-hybridized carbons (Fsp3) is 0. The standard InChI is InChI=1S/C11H5I4N/c12-7-3-1-6(2-4-7)8-5-9(13)11(15)16-10(8)14/h1-5H. The van der Waals surface area contributed by atoms with E-state index in [4.69, 9.17) is 0 Å². The lowest BCUT2D eigenvalue weighted by Crippen LogP contribution is -1.93. The van der Waals surface area contributed by atoms with Gasteiger partial charge in [-0.3, -0.25) is 0 Å². The number of hydrogen-bond acceptors (Lipinski definition) is 1. The van der Waals surface area contributed by atoms with E-state index in [-0.39, 0.29) is 0 Å². The third kappa shape index (κ3) is 3.19. The van der Waals surface area contributed by atoms with Gasteiger partial charge in [-0.2, -0.15) is 0 Å². The van der Waals surface area contributed by atoms with Crippen LogP contribution in [0.1, 0.15) is 0 Å². The van der Waals surface area contributed by atoms with Crippen molar-refractivity contribution in [2.45, 2.75) is 0 Å². The maximum atomic E-state index is 4.54. The maximum absolute atomic E-state index is 4.54. The highest BCUT2D eigenvalue weighted by atomic mass is 127. The largest absolute Gasteiger partial charge is 0.234 e. The number of benzene rings is 1. The van der Waals surface area contributed by atoms with E-state index in [0.717, 1.165) is 7.40 Å². The normalized spacial score (nSPS) is 10.5. The van der Waals surface area contributed by atoms with Gasteiger partial charge in [0, 0.05) is 12.7 Å². The molecule has 82 valence electrons. The molecule has 1 aromatic carbocycles. The fourth-order valence-electron chi connectivity index (χ4n) is 1.28. The average molecular weight is 659 g/mol. The van der Waals surface area contributed by atoms with Crippen molar-refractivity contribution in [3.8, 4) is 11.1 Å².